The molecule has 0 atom stereocenters. The number of hydrogen-bond acceptors (Lipinski definition) is 2. The monoisotopic (exact) mass is 321 g/mol. The van der Waals surface area contributed by atoms with Gasteiger partial charge in [0.1, 0.15) is 17.3 Å². The first-order valence-electron chi connectivity index (χ1n) is 6.12. The Labute approximate surface area is 130 Å². The van der Waals surface area contributed by atoms with Gasteiger partial charge in [-0.25, -0.2) is 9.07 Å². The van der Waals surface area contributed by atoms with Gasteiger partial charge in [-0.15, -0.1) is 0 Å². The van der Waals surface area contributed by atoms with Crippen molar-refractivity contribution < 1.29 is 4.39 Å². The zero-order valence-electron chi connectivity index (χ0n) is 10.7. The van der Waals surface area contributed by atoms with Crippen LogP contribution in [0.2, 0.25) is 10.0 Å². The Morgan fingerprint density at radius 3 is 2.52 bits per heavy atom. The molecule has 2 N–H and O–H groups in total. The maximum atomic E-state index is 14.0. The van der Waals surface area contributed by atoms with E-state index < -0.39 is 5.82 Å². The highest BCUT2D eigenvalue weighted by molar-refractivity contribution is 6.32. The lowest BCUT2D eigenvalue weighted by atomic mass is 10.1. The summed E-state index contributed by atoms with van der Waals surface area (Å²) in [5, 5.41) is 5.15. The van der Waals surface area contributed by atoms with E-state index >= 15 is 0 Å². The number of rotatable bonds is 2. The third-order valence-corrected chi connectivity index (χ3v) is 3.55. The highest BCUT2D eigenvalue weighted by Crippen LogP contribution is 2.29. The second kappa shape index (κ2) is 5.39. The molecule has 21 heavy (non-hydrogen) atoms. The van der Waals surface area contributed by atoms with Gasteiger partial charge in [0.2, 0.25) is 0 Å². The molecule has 3 rings (SSSR count). The van der Waals surface area contributed by atoms with Gasteiger partial charge >= 0.3 is 0 Å². The molecule has 3 aromatic rings. The van der Waals surface area contributed by atoms with Crippen molar-refractivity contribution in [1.82, 2.24) is 9.78 Å². The molecule has 106 valence electrons. The number of nitrogen functional groups attached to an aromatic ring is 1. The van der Waals surface area contributed by atoms with Gasteiger partial charge in [0.25, 0.3) is 0 Å². The minimum Gasteiger partial charge on any atom is -0.384 e. The summed E-state index contributed by atoms with van der Waals surface area (Å²) in [6.45, 7) is 0. The summed E-state index contributed by atoms with van der Waals surface area (Å²) < 4.78 is 15.3. The van der Waals surface area contributed by atoms with E-state index in [9.17, 15) is 4.39 Å². The normalized spacial score (nSPS) is 10.8. The molecule has 1 heterocycles. The highest BCUT2D eigenvalue weighted by Gasteiger charge is 2.15. The highest BCUT2D eigenvalue weighted by atomic mass is 35.5. The predicted octanol–water partition coefficient (Wildman–Crippen LogP) is 4.57. The number of aromatic nitrogens is 2. The fraction of sp³-hybridized carbons (Fsp3) is 0. The van der Waals surface area contributed by atoms with Gasteiger partial charge in [0, 0.05) is 16.7 Å². The van der Waals surface area contributed by atoms with Crippen molar-refractivity contribution >= 4 is 29.0 Å². The first-order chi connectivity index (χ1) is 10.1. The number of anilines is 1. The Hall–Kier alpha value is -2.04. The first-order valence-corrected chi connectivity index (χ1v) is 6.88. The third kappa shape index (κ3) is 2.60. The summed E-state index contributed by atoms with van der Waals surface area (Å²) in [6, 6.07) is 13.2. The molecule has 3 nitrogen and oxygen atoms in total. The van der Waals surface area contributed by atoms with Crippen molar-refractivity contribution in [1.29, 1.82) is 0 Å². The lowest BCUT2D eigenvalue weighted by molar-refractivity contribution is 0.612. The molecule has 0 fully saturated rings. The van der Waals surface area contributed by atoms with Crippen molar-refractivity contribution in [3.05, 3.63) is 64.4 Å². The van der Waals surface area contributed by atoms with E-state index in [4.69, 9.17) is 28.9 Å². The Morgan fingerprint density at radius 1 is 1.05 bits per heavy atom. The summed E-state index contributed by atoms with van der Waals surface area (Å²) in [5.74, 6) is -0.202. The van der Waals surface area contributed by atoms with Crippen molar-refractivity contribution in [2.75, 3.05) is 5.73 Å². The van der Waals surface area contributed by atoms with Crippen LogP contribution in [0.25, 0.3) is 16.9 Å². The van der Waals surface area contributed by atoms with Crippen molar-refractivity contribution in [2.45, 2.75) is 0 Å². The molecule has 0 amide bonds. The van der Waals surface area contributed by atoms with Gasteiger partial charge in [-0.05, 0) is 24.3 Å². The smallest absolute Gasteiger partial charge is 0.150 e. The van der Waals surface area contributed by atoms with E-state index in [0.29, 0.717) is 10.7 Å². The van der Waals surface area contributed by atoms with Crippen LogP contribution in [0.4, 0.5) is 10.2 Å². The van der Waals surface area contributed by atoms with Gasteiger partial charge in [0.15, 0.2) is 0 Å². The first kappa shape index (κ1) is 13.9. The Morgan fingerprint density at radius 2 is 1.81 bits per heavy atom. The fourth-order valence-corrected chi connectivity index (χ4v) is 2.49. The second-order valence-corrected chi connectivity index (χ2v) is 5.29. The van der Waals surface area contributed by atoms with E-state index in [1.807, 2.05) is 12.1 Å². The number of hydrogen-bond donors (Lipinski definition) is 1. The number of halogens is 3. The van der Waals surface area contributed by atoms with E-state index in [-0.39, 0.29) is 16.5 Å². The molecule has 0 spiro atoms. The molecule has 0 saturated carbocycles. The fourth-order valence-electron chi connectivity index (χ4n) is 2.05. The van der Waals surface area contributed by atoms with Gasteiger partial charge in [-0.2, -0.15) is 5.10 Å². The Balaban J connectivity index is 2.15. The Kier molecular flexibility index (Phi) is 3.57. The average molecular weight is 322 g/mol. The maximum Gasteiger partial charge on any atom is 0.150 e. The third-order valence-electron chi connectivity index (χ3n) is 3.01. The molecule has 0 bridgehead atoms. The van der Waals surface area contributed by atoms with Crippen molar-refractivity contribution in [2.24, 2.45) is 0 Å². The maximum absolute atomic E-state index is 14.0. The minimum absolute atomic E-state index is 0.130. The summed E-state index contributed by atoms with van der Waals surface area (Å²) >= 11 is 12.0. The molecule has 0 aliphatic heterocycles. The van der Waals surface area contributed by atoms with Gasteiger partial charge in [0.05, 0.1) is 10.7 Å². The minimum atomic E-state index is -0.491. The topological polar surface area (TPSA) is 43.8 Å². The van der Waals surface area contributed by atoms with Gasteiger partial charge in [-0.3, -0.25) is 0 Å². The van der Waals surface area contributed by atoms with E-state index in [2.05, 4.69) is 5.10 Å². The molecule has 2 aromatic carbocycles. The van der Waals surface area contributed by atoms with Crippen molar-refractivity contribution in [3.8, 4) is 16.9 Å². The summed E-state index contributed by atoms with van der Waals surface area (Å²) in [5.41, 5.74) is 7.44. The van der Waals surface area contributed by atoms with E-state index in [1.165, 1.54) is 16.8 Å². The summed E-state index contributed by atoms with van der Waals surface area (Å²) in [7, 11) is 0. The molecule has 0 aliphatic rings. The molecule has 0 radical (unpaired) electrons. The zero-order valence-corrected chi connectivity index (χ0v) is 12.2. The molecular weight excluding hydrogens is 312 g/mol. The second-order valence-electron chi connectivity index (χ2n) is 4.45. The Bertz CT molecular complexity index is 794. The quantitative estimate of drug-likeness (QED) is 0.751. The van der Waals surface area contributed by atoms with Crippen LogP contribution in [-0.2, 0) is 0 Å². The molecule has 6 heteroatoms. The SMILES string of the molecule is Nc1cc(-c2cccc(Cl)c2)nn1-c1c(F)cccc1Cl. The van der Waals surface area contributed by atoms with Crippen LogP contribution in [-0.4, -0.2) is 9.78 Å². The van der Waals surface area contributed by atoms with Gasteiger partial charge in [-0.1, -0.05) is 41.4 Å². The van der Waals surface area contributed by atoms with Crippen LogP contribution in [0.3, 0.4) is 0 Å². The van der Waals surface area contributed by atoms with Crippen LogP contribution in [0.15, 0.2) is 48.5 Å². The molecule has 1 aromatic heterocycles. The predicted molar refractivity (Wildman–Crippen MR) is 83.4 cm³/mol. The largest absolute Gasteiger partial charge is 0.384 e. The van der Waals surface area contributed by atoms with Crippen LogP contribution < -0.4 is 5.73 Å². The summed E-state index contributed by atoms with van der Waals surface area (Å²) in [4.78, 5) is 0. The van der Waals surface area contributed by atoms with Crippen LogP contribution in [0, 0.1) is 5.82 Å². The van der Waals surface area contributed by atoms with E-state index in [0.717, 1.165) is 5.56 Å². The van der Waals surface area contributed by atoms with Gasteiger partial charge < -0.3 is 5.73 Å². The van der Waals surface area contributed by atoms with E-state index in [1.54, 1.807) is 24.3 Å². The summed E-state index contributed by atoms with van der Waals surface area (Å²) in [6.07, 6.45) is 0. The number of nitrogens with two attached hydrogens (primary N) is 1. The zero-order chi connectivity index (χ0) is 15.0. The standard InChI is InChI=1S/C15H10Cl2FN3/c16-10-4-1-3-9(7-10)13-8-14(19)21(20-13)15-11(17)5-2-6-12(15)18/h1-8H,19H2. The molecule has 0 unspecified atom stereocenters. The lowest BCUT2D eigenvalue weighted by Crippen LogP contribution is -2.04. The lowest BCUT2D eigenvalue weighted by Gasteiger charge is -2.07. The van der Waals surface area contributed by atoms with Crippen LogP contribution in [0.5, 0.6) is 0 Å². The van der Waals surface area contributed by atoms with Crippen LogP contribution in [0.1, 0.15) is 0 Å². The number of benzene rings is 2. The average Bonchev–Trinajstić information content (AvgIpc) is 2.81. The van der Waals surface area contributed by atoms with Crippen molar-refractivity contribution in [3.63, 3.8) is 0 Å². The number of para-hydroxylation sites is 1. The number of nitrogens with zero attached hydrogens (tertiary/aromatic N) is 2. The molecular formula is C15H10Cl2FN3. The van der Waals surface area contributed by atoms with Crippen LogP contribution >= 0.6 is 23.2 Å². The molecule has 0 saturated heterocycles. The molecule has 0 aliphatic carbocycles.